The lowest BCUT2D eigenvalue weighted by molar-refractivity contribution is -0.120. The molecule has 2 aromatic carbocycles. The molecule has 0 atom stereocenters. The Hall–Kier alpha value is -2.46. The zero-order chi connectivity index (χ0) is 17.8. The predicted octanol–water partition coefficient (Wildman–Crippen LogP) is 4.59. The van der Waals surface area contributed by atoms with Crippen molar-refractivity contribution in [2.75, 3.05) is 0 Å². The van der Waals surface area contributed by atoms with Crippen LogP contribution in [0.5, 0.6) is 0 Å². The zero-order valence-electron chi connectivity index (χ0n) is 14.8. The zero-order valence-corrected chi connectivity index (χ0v) is 15.6. The van der Waals surface area contributed by atoms with Crippen molar-refractivity contribution < 1.29 is 4.79 Å². The van der Waals surface area contributed by atoms with Gasteiger partial charge in [-0.15, -0.1) is 11.3 Å². The molecule has 1 aromatic heterocycles. The molecular weight excluding hydrogens is 328 g/mol. The van der Waals surface area contributed by atoms with Gasteiger partial charge in [0.1, 0.15) is 5.01 Å². The lowest BCUT2D eigenvalue weighted by atomic mass is 9.98. The minimum atomic E-state index is 0.00195. The molecule has 0 aliphatic heterocycles. The van der Waals surface area contributed by atoms with Crippen molar-refractivity contribution >= 4 is 17.2 Å². The van der Waals surface area contributed by atoms with Gasteiger partial charge in [0.15, 0.2) is 0 Å². The van der Waals surface area contributed by atoms with E-state index < -0.39 is 0 Å². The molecule has 0 bridgehead atoms. The van der Waals surface area contributed by atoms with E-state index in [1.807, 2.05) is 35.7 Å². The van der Waals surface area contributed by atoms with Gasteiger partial charge in [-0.25, -0.2) is 4.98 Å². The van der Waals surface area contributed by atoms with Gasteiger partial charge in [-0.05, 0) is 37.5 Å². The number of aromatic nitrogens is 1. The summed E-state index contributed by atoms with van der Waals surface area (Å²) in [4.78, 5) is 16.9. The molecule has 0 aliphatic carbocycles. The van der Waals surface area contributed by atoms with Gasteiger partial charge in [-0.1, -0.05) is 48.0 Å². The maximum atomic E-state index is 12.2. The average Bonchev–Trinajstić information content (AvgIpc) is 3.01. The number of hydrogen-bond acceptors (Lipinski definition) is 3. The maximum Gasteiger partial charge on any atom is 0.227 e. The molecule has 4 heteroatoms. The Kier molecular flexibility index (Phi) is 5.29. The molecular formula is C21H22N2OS. The van der Waals surface area contributed by atoms with Gasteiger partial charge >= 0.3 is 0 Å². The van der Waals surface area contributed by atoms with Gasteiger partial charge in [-0.2, -0.15) is 0 Å². The molecule has 0 fully saturated rings. The van der Waals surface area contributed by atoms with E-state index >= 15 is 0 Å². The van der Waals surface area contributed by atoms with Crippen molar-refractivity contribution in [3.05, 3.63) is 75.1 Å². The third-order valence-corrected chi connectivity index (χ3v) is 4.98. The summed E-state index contributed by atoms with van der Waals surface area (Å²) in [5, 5.41) is 5.85. The SMILES string of the molecule is Cc1cc(C)c(-c2csc(CC(=O)NCc3ccccc3)n2)c(C)c1. The number of carbonyl (C=O) groups is 1. The second kappa shape index (κ2) is 7.62. The van der Waals surface area contributed by atoms with Crippen molar-refractivity contribution in [3.63, 3.8) is 0 Å². The first-order valence-corrected chi connectivity index (χ1v) is 9.24. The molecule has 3 rings (SSSR count). The predicted molar refractivity (Wildman–Crippen MR) is 104 cm³/mol. The van der Waals surface area contributed by atoms with Crippen LogP contribution in [-0.4, -0.2) is 10.9 Å². The first kappa shape index (κ1) is 17.4. The number of aryl methyl sites for hydroxylation is 3. The Balaban J connectivity index is 1.67. The van der Waals surface area contributed by atoms with Gasteiger partial charge in [-0.3, -0.25) is 4.79 Å². The molecule has 1 amide bonds. The monoisotopic (exact) mass is 350 g/mol. The van der Waals surface area contributed by atoms with Crippen LogP contribution in [0.2, 0.25) is 0 Å². The standard InChI is InChI=1S/C21H22N2OS/c1-14-9-15(2)21(16(3)10-14)18-13-25-20(23-18)11-19(24)22-12-17-7-5-4-6-8-17/h4-10,13H,11-12H2,1-3H3,(H,22,24). The van der Waals surface area contributed by atoms with Crippen LogP contribution in [0.15, 0.2) is 47.8 Å². The van der Waals surface area contributed by atoms with Crippen LogP contribution in [0, 0.1) is 20.8 Å². The number of benzene rings is 2. The summed E-state index contributed by atoms with van der Waals surface area (Å²) in [5.74, 6) is 0.00195. The average molecular weight is 350 g/mol. The molecule has 1 N–H and O–H groups in total. The number of nitrogens with zero attached hydrogens (tertiary/aromatic N) is 1. The van der Waals surface area contributed by atoms with E-state index in [1.54, 1.807) is 11.3 Å². The van der Waals surface area contributed by atoms with Gasteiger partial charge in [0, 0.05) is 17.5 Å². The Morgan fingerprint density at radius 3 is 2.44 bits per heavy atom. The van der Waals surface area contributed by atoms with Gasteiger partial charge in [0.05, 0.1) is 12.1 Å². The quantitative estimate of drug-likeness (QED) is 0.731. The van der Waals surface area contributed by atoms with Crippen molar-refractivity contribution in [1.29, 1.82) is 0 Å². The van der Waals surface area contributed by atoms with Crippen molar-refractivity contribution in [1.82, 2.24) is 10.3 Å². The Labute approximate surface area is 152 Å². The Bertz CT molecular complexity index is 861. The van der Waals surface area contributed by atoms with Crippen LogP contribution in [0.1, 0.15) is 27.3 Å². The van der Waals surface area contributed by atoms with E-state index in [-0.39, 0.29) is 5.91 Å². The summed E-state index contributed by atoms with van der Waals surface area (Å²) in [6.45, 7) is 6.88. The maximum absolute atomic E-state index is 12.2. The molecule has 0 radical (unpaired) electrons. The van der Waals surface area contributed by atoms with Gasteiger partial charge in [0.25, 0.3) is 0 Å². The molecule has 25 heavy (non-hydrogen) atoms. The summed E-state index contributed by atoms with van der Waals surface area (Å²) < 4.78 is 0. The summed E-state index contributed by atoms with van der Waals surface area (Å²) in [6, 6.07) is 14.3. The Morgan fingerprint density at radius 2 is 1.76 bits per heavy atom. The van der Waals surface area contributed by atoms with E-state index in [0.717, 1.165) is 16.3 Å². The van der Waals surface area contributed by atoms with E-state index in [4.69, 9.17) is 0 Å². The summed E-state index contributed by atoms with van der Waals surface area (Å²) in [7, 11) is 0. The normalized spacial score (nSPS) is 10.7. The van der Waals surface area contributed by atoms with Gasteiger partial charge < -0.3 is 5.32 Å². The molecule has 3 nitrogen and oxygen atoms in total. The fraction of sp³-hybridized carbons (Fsp3) is 0.238. The first-order valence-electron chi connectivity index (χ1n) is 8.36. The van der Waals surface area contributed by atoms with Crippen LogP contribution < -0.4 is 5.32 Å². The molecule has 0 spiro atoms. The fourth-order valence-corrected chi connectivity index (χ4v) is 3.87. The highest BCUT2D eigenvalue weighted by Gasteiger charge is 2.12. The number of carbonyl (C=O) groups excluding carboxylic acids is 1. The highest BCUT2D eigenvalue weighted by atomic mass is 32.1. The van der Waals surface area contributed by atoms with Crippen LogP contribution in [0.25, 0.3) is 11.3 Å². The fourth-order valence-electron chi connectivity index (χ4n) is 3.09. The lowest BCUT2D eigenvalue weighted by Crippen LogP contribution is -2.24. The topological polar surface area (TPSA) is 42.0 Å². The number of thiazole rings is 1. The van der Waals surface area contributed by atoms with E-state index in [1.165, 1.54) is 22.3 Å². The van der Waals surface area contributed by atoms with Crippen molar-refractivity contribution in [2.24, 2.45) is 0 Å². The second-order valence-electron chi connectivity index (χ2n) is 6.34. The number of rotatable bonds is 5. The second-order valence-corrected chi connectivity index (χ2v) is 7.28. The third-order valence-electron chi connectivity index (χ3n) is 4.13. The summed E-state index contributed by atoms with van der Waals surface area (Å²) in [5.41, 5.74) is 6.95. The molecule has 3 aromatic rings. The van der Waals surface area contributed by atoms with E-state index in [2.05, 4.69) is 43.2 Å². The lowest BCUT2D eigenvalue weighted by Gasteiger charge is -2.08. The third kappa shape index (κ3) is 4.34. The first-order chi connectivity index (χ1) is 12.0. The van der Waals surface area contributed by atoms with Gasteiger partial charge in [0.2, 0.25) is 5.91 Å². The molecule has 128 valence electrons. The highest BCUT2D eigenvalue weighted by molar-refractivity contribution is 7.10. The number of amides is 1. The molecule has 0 aliphatic rings. The van der Waals surface area contributed by atoms with E-state index in [9.17, 15) is 4.79 Å². The number of hydrogen-bond donors (Lipinski definition) is 1. The highest BCUT2D eigenvalue weighted by Crippen LogP contribution is 2.29. The smallest absolute Gasteiger partial charge is 0.227 e. The largest absolute Gasteiger partial charge is 0.352 e. The molecule has 1 heterocycles. The minimum absolute atomic E-state index is 0.00195. The molecule has 0 unspecified atom stereocenters. The van der Waals surface area contributed by atoms with Crippen LogP contribution in [0.4, 0.5) is 0 Å². The molecule has 0 saturated carbocycles. The van der Waals surface area contributed by atoms with E-state index in [0.29, 0.717) is 13.0 Å². The van der Waals surface area contributed by atoms with Crippen LogP contribution >= 0.6 is 11.3 Å². The van der Waals surface area contributed by atoms with Crippen molar-refractivity contribution in [3.8, 4) is 11.3 Å². The number of nitrogens with one attached hydrogen (secondary N) is 1. The summed E-state index contributed by atoms with van der Waals surface area (Å²) in [6.07, 6.45) is 0.321. The summed E-state index contributed by atoms with van der Waals surface area (Å²) >= 11 is 1.54. The minimum Gasteiger partial charge on any atom is -0.352 e. The Morgan fingerprint density at radius 1 is 1.08 bits per heavy atom. The van der Waals surface area contributed by atoms with Crippen LogP contribution in [-0.2, 0) is 17.8 Å². The van der Waals surface area contributed by atoms with Crippen LogP contribution in [0.3, 0.4) is 0 Å². The van der Waals surface area contributed by atoms with Crippen molar-refractivity contribution in [2.45, 2.75) is 33.7 Å². The molecule has 0 saturated heterocycles.